The SMILES string of the molecule is CC(C)C(C)OCc1cccc(/C(N)=N/O)c1F. The highest BCUT2D eigenvalue weighted by Gasteiger charge is 2.13. The van der Waals surface area contributed by atoms with Crippen LogP contribution in [0.25, 0.3) is 0 Å². The highest BCUT2D eigenvalue weighted by atomic mass is 19.1. The maximum Gasteiger partial charge on any atom is 0.173 e. The van der Waals surface area contributed by atoms with Gasteiger partial charge >= 0.3 is 0 Å². The molecule has 1 unspecified atom stereocenters. The predicted octanol–water partition coefficient (Wildman–Crippen LogP) is 2.48. The van der Waals surface area contributed by atoms with E-state index in [-0.39, 0.29) is 24.1 Å². The van der Waals surface area contributed by atoms with Crippen molar-refractivity contribution in [1.29, 1.82) is 0 Å². The van der Waals surface area contributed by atoms with Gasteiger partial charge in [0.15, 0.2) is 5.84 Å². The van der Waals surface area contributed by atoms with Crippen LogP contribution in [0, 0.1) is 11.7 Å². The number of rotatable bonds is 5. The van der Waals surface area contributed by atoms with Crippen molar-refractivity contribution in [3.05, 3.63) is 35.1 Å². The second kappa shape index (κ2) is 6.35. The van der Waals surface area contributed by atoms with Crippen LogP contribution >= 0.6 is 0 Å². The van der Waals surface area contributed by atoms with E-state index in [1.165, 1.54) is 6.07 Å². The van der Waals surface area contributed by atoms with Crippen molar-refractivity contribution in [1.82, 2.24) is 0 Å². The van der Waals surface area contributed by atoms with Gasteiger partial charge in [0.25, 0.3) is 0 Å². The Morgan fingerprint density at radius 2 is 2.11 bits per heavy atom. The van der Waals surface area contributed by atoms with Crippen LogP contribution in [0.4, 0.5) is 4.39 Å². The summed E-state index contributed by atoms with van der Waals surface area (Å²) in [5.41, 5.74) is 5.86. The molecule has 5 heteroatoms. The third kappa shape index (κ3) is 3.43. The standard InChI is InChI=1S/C13H19FN2O2/c1-8(2)9(3)18-7-10-5-4-6-11(12(10)14)13(15)16-17/h4-6,8-9,17H,7H2,1-3H3,(H2,15,16). The van der Waals surface area contributed by atoms with Crippen LogP contribution in [0.2, 0.25) is 0 Å². The number of halogens is 1. The number of ether oxygens (including phenoxy) is 1. The molecule has 4 nitrogen and oxygen atoms in total. The van der Waals surface area contributed by atoms with Crippen LogP contribution in [0.1, 0.15) is 31.9 Å². The van der Waals surface area contributed by atoms with Crippen molar-refractivity contribution in [2.24, 2.45) is 16.8 Å². The number of hydrogen-bond acceptors (Lipinski definition) is 3. The molecule has 0 heterocycles. The number of nitrogens with zero attached hydrogens (tertiary/aromatic N) is 1. The van der Waals surface area contributed by atoms with E-state index in [9.17, 15) is 4.39 Å². The van der Waals surface area contributed by atoms with Crippen molar-refractivity contribution in [2.75, 3.05) is 0 Å². The molecule has 0 saturated heterocycles. The van der Waals surface area contributed by atoms with Crippen molar-refractivity contribution in [2.45, 2.75) is 33.5 Å². The van der Waals surface area contributed by atoms with Crippen LogP contribution in [0.5, 0.6) is 0 Å². The van der Waals surface area contributed by atoms with Crippen LogP contribution in [0.15, 0.2) is 23.4 Å². The molecular weight excluding hydrogens is 235 g/mol. The molecular formula is C13H19FN2O2. The molecule has 0 bridgehead atoms. The average molecular weight is 254 g/mol. The lowest BCUT2D eigenvalue weighted by atomic mass is 10.1. The zero-order valence-electron chi connectivity index (χ0n) is 10.9. The first kappa shape index (κ1) is 14.4. The van der Waals surface area contributed by atoms with Gasteiger partial charge in [-0.2, -0.15) is 0 Å². The summed E-state index contributed by atoms with van der Waals surface area (Å²) < 4.78 is 19.6. The van der Waals surface area contributed by atoms with Gasteiger partial charge in [-0.1, -0.05) is 31.1 Å². The van der Waals surface area contributed by atoms with Gasteiger partial charge in [0, 0.05) is 5.56 Å². The number of nitrogens with two attached hydrogens (primary N) is 1. The maximum absolute atomic E-state index is 14.0. The van der Waals surface area contributed by atoms with E-state index in [1.807, 2.05) is 20.8 Å². The summed E-state index contributed by atoms with van der Waals surface area (Å²) in [5.74, 6) is -0.393. The maximum atomic E-state index is 14.0. The highest BCUT2D eigenvalue weighted by molar-refractivity contribution is 5.97. The topological polar surface area (TPSA) is 67.8 Å². The van der Waals surface area contributed by atoms with E-state index in [1.54, 1.807) is 12.1 Å². The molecule has 1 atom stereocenters. The van der Waals surface area contributed by atoms with E-state index in [0.29, 0.717) is 11.5 Å². The molecule has 1 rings (SSSR count). The minimum atomic E-state index is -0.510. The number of oxime groups is 1. The van der Waals surface area contributed by atoms with Crippen LogP contribution < -0.4 is 5.73 Å². The molecule has 0 aliphatic carbocycles. The summed E-state index contributed by atoms with van der Waals surface area (Å²) in [6.45, 7) is 6.18. The molecule has 0 aliphatic rings. The molecule has 0 amide bonds. The minimum absolute atomic E-state index is 0.0388. The minimum Gasteiger partial charge on any atom is -0.409 e. The zero-order chi connectivity index (χ0) is 13.7. The van der Waals surface area contributed by atoms with Gasteiger partial charge in [0.2, 0.25) is 0 Å². The Labute approximate surface area is 106 Å². The second-order valence-electron chi connectivity index (χ2n) is 4.52. The van der Waals surface area contributed by atoms with Crippen molar-refractivity contribution >= 4 is 5.84 Å². The van der Waals surface area contributed by atoms with Crippen molar-refractivity contribution in [3.63, 3.8) is 0 Å². The quantitative estimate of drug-likeness (QED) is 0.367. The lowest BCUT2D eigenvalue weighted by Crippen LogP contribution is -2.18. The van der Waals surface area contributed by atoms with Gasteiger partial charge < -0.3 is 15.7 Å². The first-order valence-corrected chi connectivity index (χ1v) is 5.84. The number of hydrogen-bond donors (Lipinski definition) is 2. The van der Waals surface area contributed by atoms with Crippen LogP contribution in [0.3, 0.4) is 0 Å². The average Bonchev–Trinajstić information content (AvgIpc) is 2.36. The first-order chi connectivity index (χ1) is 8.47. The Bertz CT molecular complexity index is 433. The summed E-state index contributed by atoms with van der Waals surface area (Å²) in [7, 11) is 0. The zero-order valence-corrected chi connectivity index (χ0v) is 10.9. The summed E-state index contributed by atoms with van der Waals surface area (Å²) in [4.78, 5) is 0. The smallest absolute Gasteiger partial charge is 0.173 e. The lowest BCUT2D eigenvalue weighted by molar-refractivity contribution is 0.0221. The summed E-state index contributed by atoms with van der Waals surface area (Å²) >= 11 is 0. The molecule has 0 saturated carbocycles. The molecule has 0 aromatic heterocycles. The van der Waals surface area contributed by atoms with E-state index < -0.39 is 5.82 Å². The summed E-state index contributed by atoms with van der Waals surface area (Å²) in [5, 5.41) is 11.4. The van der Waals surface area contributed by atoms with Gasteiger partial charge in [0.05, 0.1) is 18.3 Å². The van der Waals surface area contributed by atoms with Crippen molar-refractivity contribution < 1.29 is 14.3 Å². The summed E-state index contributed by atoms with van der Waals surface area (Å²) in [6, 6.07) is 4.73. The van der Waals surface area contributed by atoms with E-state index in [4.69, 9.17) is 15.7 Å². The van der Waals surface area contributed by atoms with E-state index >= 15 is 0 Å². The van der Waals surface area contributed by atoms with Crippen LogP contribution in [-0.2, 0) is 11.3 Å². The molecule has 0 radical (unpaired) electrons. The fraction of sp³-hybridized carbons (Fsp3) is 0.462. The third-order valence-electron chi connectivity index (χ3n) is 2.90. The Kier molecular flexibility index (Phi) is 5.09. The largest absolute Gasteiger partial charge is 0.409 e. The van der Waals surface area contributed by atoms with Gasteiger partial charge in [-0.05, 0) is 18.9 Å². The van der Waals surface area contributed by atoms with Gasteiger partial charge in [-0.3, -0.25) is 0 Å². The predicted molar refractivity (Wildman–Crippen MR) is 68.0 cm³/mol. The number of amidine groups is 1. The fourth-order valence-electron chi connectivity index (χ4n) is 1.36. The van der Waals surface area contributed by atoms with Gasteiger partial charge in [-0.25, -0.2) is 4.39 Å². The molecule has 100 valence electrons. The van der Waals surface area contributed by atoms with Crippen molar-refractivity contribution in [3.8, 4) is 0 Å². The highest BCUT2D eigenvalue weighted by Crippen LogP contribution is 2.16. The van der Waals surface area contributed by atoms with E-state index in [2.05, 4.69) is 5.16 Å². The molecule has 0 spiro atoms. The van der Waals surface area contributed by atoms with Crippen LogP contribution in [-0.4, -0.2) is 17.1 Å². The first-order valence-electron chi connectivity index (χ1n) is 5.84. The normalized spacial score (nSPS) is 13.9. The molecule has 1 aromatic carbocycles. The fourth-order valence-corrected chi connectivity index (χ4v) is 1.36. The summed E-state index contributed by atoms with van der Waals surface area (Å²) in [6.07, 6.45) is 0.0388. The van der Waals surface area contributed by atoms with E-state index in [0.717, 1.165) is 0 Å². The molecule has 3 N–H and O–H groups in total. The molecule has 1 aromatic rings. The van der Waals surface area contributed by atoms with Gasteiger partial charge in [0.1, 0.15) is 5.82 Å². The number of benzene rings is 1. The Balaban J connectivity index is 2.85. The van der Waals surface area contributed by atoms with Gasteiger partial charge in [-0.15, -0.1) is 0 Å². The monoisotopic (exact) mass is 254 g/mol. The Morgan fingerprint density at radius 1 is 1.44 bits per heavy atom. The lowest BCUT2D eigenvalue weighted by Gasteiger charge is -2.17. The molecule has 0 fully saturated rings. The Hall–Kier alpha value is -1.62. The third-order valence-corrected chi connectivity index (χ3v) is 2.90. The Morgan fingerprint density at radius 3 is 2.67 bits per heavy atom. The molecule has 18 heavy (non-hydrogen) atoms. The molecule has 0 aliphatic heterocycles. The second-order valence-corrected chi connectivity index (χ2v) is 4.52.